The summed E-state index contributed by atoms with van der Waals surface area (Å²) in [4.78, 5) is 24.4. The van der Waals surface area contributed by atoms with Crippen molar-refractivity contribution in [2.75, 3.05) is 10.6 Å². The summed E-state index contributed by atoms with van der Waals surface area (Å²) in [6, 6.07) is 12.7. The molecule has 0 atom stereocenters. The maximum Gasteiger partial charge on any atom is 0.291 e. The maximum absolute atomic E-state index is 12.4. The summed E-state index contributed by atoms with van der Waals surface area (Å²) in [5.41, 5.74) is 1.93. The molecule has 0 aliphatic rings. The van der Waals surface area contributed by atoms with E-state index in [0.29, 0.717) is 11.4 Å². The van der Waals surface area contributed by atoms with Crippen LogP contribution in [0.1, 0.15) is 33.4 Å². The first kappa shape index (κ1) is 18.5. The van der Waals surface area contributed by atoms with Crippen LogP contribution in [0.25, 0.3) is 0 Å². The van der Waals surface area contributed by atoms with Gasteiger partial charge in [0.05, 0.1) is 22.5 Å². The largest absolute Gasteiger partial charge is 0.507 e. The van der Waals surface area contributed by atoms with Gasteiger partial charge in [-0.15, -0.1) is 0 Å². The van der Waals surface area contributed by atoms with Crippen LogP contribution in [-0.4, -0.2) is 16.9 Å². The molecule has 1 heterocycles. The van der Waals surface area contributed by atoms with Gasteiger partial charge in [-0.3, -0.25) is 9.59 Å². The average molecular weight is 385 g/mol. The van der Waals surface area contributed by atoms with Crippen LogP contribution in [0.15, 0.2) is 59.2 Å². The number of anilines is 2. The van der Waals surface area contributed by atoms with E-state index in [0.717, 1.165) is 12.0 Å². The van der Waals surface area contributed by atoms with Gasteiger partial charge in [-0.25, -0.2) is 0 Å². The molecule has 2 amide bonds. The van der Waals surface area contributed by atoms with E-state index in [1.807, 2.05) is 6.92 Å². The van der Waals surface area contributed by atoms with Gasteiger partial charge in [-0.05, 0) is 54.4 Å². The van der Waals surface area contributed by atoms with Crippen LogP contribution in [-0.2, 0) is 6.42 Å². The number of hydrogen-bond donors (Lipinski definition) is 3. The molecule has 6 nitrogen and oxygen atoms in total. The van der Waals surface area contributed by atoms with Gasteiger partial charge in [0.1, 0.15) is 5.75 Å². The van der Waals surface area contributed by atoms with Crippen molar-refractivity contribution in [3.8, 4) is 5.75 Å². The second kappa shape index (κ2) is 7.97. The third-order valence-electron chi connectivity index (χ3n) is 3.93. The number of carbonyl (C=O) groups is 2. The SMILES string of the molecule is CCc1ccc(O)c(C(=O)Nc2ccc(NC(=O)c3ccco3)c(Cl)c2)c1. The van der Waals surface area contributed by atoms with Gasteiger partial charge in [-0.1, -0.05) is 24.6 Å². The zero-order chi connectivity index (χ0) is 19.4. The number of carbonyl (C=O) groups excluding carboxylic acids is 2. The van der Waals surface area contributed by atoms with Crippen LogP contribution in [0, 0.1) is 0 Å². The van der Waals surface area contributed by atoms with Crippen molar-refractivity contribution in [3.63, 3.8) is 0 Å². The van der Waals surface area contributed by atoms with E-state index in [1.165, 1.54) is 24.5 Å². The highest BCUT2D eigenvalue weighted by molar-refractivity contribution is 6.34. The minimum absolute atomic E-state index is 0.0990. The number of aromatic hydroxyl groups is 1. The second-order valence-corrected chi connectivity index (χ2v) is 6.19. The molecule has 2 aromatic carbocycles. The van der Waals surface area contributed by atoms with Gasteiger partial charge in [-0.2, -0.15) is 0 Å². The number of benzene rings is 2. The standard InChI is InChI=1S/C20H17ClN2O4/c1-2-12-5-8-17(24)14(10-12)19(25)22-13-6-7-16(15(21)11-13)23-20(26)18-4-3-9-27-18/h3-11,24H,2H2,1H3,(H,22,25)(H,23,26). The van der Waals surface area contributed by atoms with Gasteiger partial charge in [0, 0.05) is 5.69 Å². The highest BCUT2D eigenvalue weighted by Crippen LogP contribution is 2.27. The van der Waals surface area contributed by atoms with Crippen molar-refractivity contribution in [3.05, 3.63) is 76.7 Å². The van der Waals surface area contributed by atoms with Crippen molar-refractivity contribution in [1.82, 2.24) is 0 Å². The minimum atomic E-state index is -0.453. The van der Waals surface area contributed by atoms with Crippen LogP contribution in [0.3, 0.4) is 0 Å². The van der Waals surface area contributed by atoms with Crippen molar-refractivity contribution in [2.24, 2.45) is 0 Å². The third-order valence-corrected chi connectivity index (χ3v) is 4.25. The van der Waals surface area contributed by atoms with E-state index >= 15 is 0 Å². The zero-order valence-corrected chi connectivity index (χ0v) is 15.2. The molecule has 3 rings (SSSR count). The smallest absolute Gasteiger partial charge is 0.291 e. The monoisotopic (exact) mass is 384 g/mol. The zero-order valence-electron chi connectivity index (χ0n) is 14.5. The van der Waals surface area contributed by atoms with Crippen molar-refractivity contribution >= 4 is 34.8 Å². The summed E-state index contributed by atoms with van der Waals surface area (Å²) in [6.45, 7) is 1.96. The molecule has 0 bridgehead atoms. The Morgan fingerprint density at radius 3 is 2.56 bits per heavy atom. The molecule has 1 aromatic heterocycles. The lowest BCUT2D eigenvalue weighted by Crippen LogP contribution is -2.13. The van der Waals surface area contributed by atoms with E-state index in [4.69, 9.17) is 16.0 Å². The fourth-order valence-electron chi connectivity index (χ4n) is 2.47. The van der Waals surface area contributed by atoms with Crippen molar-refractivity contribution < 1.29 is 19.1 Å². The Bertz CT molecular complexity index is 984. The number of halogens is 1. The summed E-state index contributed by atoms with van der Waals surface area (Å²) in [7, 11) is 0. The molecular formula is C20H17ClN2O4. The highest BCUT2D eigenvalue weighted by Gasteiger charge is 2.14. The lowest BCUT2D eigenvalue weighted by atomic mass is 10.1. The molecule has 0 aliphatic heterocycles. The Morgan fingerprint density at radius 1 is 1.07 bits per heavy atom. The molecule has 3 aromatic rings. The number of nitrogens with one attached hydrogen (secondary N) is 2. The number of amides is 2. The van der Waals surface area contributed by atoms with Gasteiger partial charge in [0.2, 0.25) is 0 Å². The molecular weight excluding hydrogens is 368 g/mol. The number of hydrogen-bond acceptors (Lipinski definition) is 4. The molecule has 0 radical (unpaired) electrons. The number of phenols is 1. The number of rotatable bonds is 5. The first-order valence-electron chi connectivity index (χ1n) is 8.25. The average Bonchev–Trinajstić information content (AvgIpc) is 3.19. The molecule has 138 valence electrons. The fourth-order valence-corrected chi connectivity index (χ4v) is 2.70. The number of phenolic OH excluding ortho intramolecular Hbond substituents is 1. The fraction of sp³-hybridized carbons (Fsp3) is 0.100. The normalized spacial score (nSPS) is 10.4. The summed E-state index contributed by atoms with van der Waals surface area (Å²) in [5, 5.41) is 15.5. The maximum atomic E-state index is 12.4. The Hall–Kier alpha value is -3.25. The summed E-state index contributed by atoms with van der Waals surface area (Å²) in [6.07, 6.45) is 2.15. The lowest BCUT2D eigenvalue weighted by molar-refractivity contribution is 0.0994. The quantitative estimate of drug-likeness (QED) is 0.594. The van der Waals surface area contributed by atoms with Crippen LogP contribution in [0.4, 0.5) is 11.4 Å². The summed E-state index contributed by atoms with van der Waals surface area (Å²) < 4.78 is 5.03. The lowest BCUT2D eigenvalue weighted by Gasteiger charge is -2.11. The highest BCUT2D eigenvalue weighted by atomic mass is 35.5. The van der Waals surface area contributed by atoms with Gasteiger partial charge in [0.25, 0.3) is 11.8 Å². The molecule has 0 saturated carbocycles. The molecule has 0 spiro atoms. The Kier molecular flexibility index (Phi) is 5.47. The first-order valence-corrected chi connectivity index (χ1v) is 8.63. The Labute approximate surface area is 160 Å². The molecule has 0 unspecified atom stereocenters. The van der Waals surface area contributed by atoms with Crippen LogP contribution in [0.2, 0.25) is 5.02 Å². The predicted molar refractivity (Wildman–Crippen MR) is 104 cm³/mol. The second-order valence-electron chi connectivity index (χ2n) is 5.79. The molecule has 7 heteroatoms. The van der Waals surface area contributed by atoms with Gasteiger partial charge >= 0.3 is 0 Å². The van der Waals surface area contributed by atoms with Crippen LogP contribution in [0.5, 0.6) is 5.75 Å². The number of aryl methyl sites for hydroxylation is 1. The Morgan fingerprint density at radius 2 is 1.89 bits per heavy atom. The molecule has 27 heavy (non-hydrogen) atoms. The number of furan rings is 1. The molecule has 0 fully saturated rings. The van der Waals surface area contributed by atoms with Crippen molar-refractivity contribution in [1.29, 1.82) is 0 Å². The van der Waals surface area contributed by atoms with E-state index < -0.39 is 11.8 Å². The molecule has 0 saturated heterocycles. The first-order chi connectivity index (χ1) is 13.0. The van der Waals surface area contributed by atoms with Crippen LogP contribution >= 0.6 is 11.6 Å². The van der Waals surface area contributed by atoms with Gasteiger partial charge in [0.15, 0.2) is 5.76 Å². The van der Waals surface area contributed by atoms with Gasteiger partial charge < -0.3 is 20.2 Å². The minimum Gasteiger partial charge on any atom is -0.507 e. The predicted octanol–water partition coefficient (Wildman–Crippen LogP) is 4.71. The van der Waals surface area contributed by atoms with Crippen LogP contribution < -0.4 is 10.6 Å². The van der Waals surface area contributed by atoms with E-state index in [1.54, 1.807) is 30.3 Å². The Balaban J connectivity index is 1.74. The molecule has 0 aliphatic carbocycles. The van der Waals surface area contributed by atoms with Crippen molar-refractivity contribution in [2.45, 2.75) is 13.3 Å². The van der Waals surface area contributed by atoms with E-state index in [9.17, 15) is 14.7 Å². The summed E-state index contributed by atoms with van der Waals surface area (Å²) >= 11 is 6.20. The van der Waals surface area contributed by atoms with E-state index in [-0.39, 0.29) is 22.1 Å². The third kappa shape index (κ3) is 4.30. The summed E-state index contributed by atoms with van der Waals surface area (Å²) in [5.74, 6) is -0.820. The molecule has 3 N–H and O–H groups in total. The topological polar surface area (TPSA) is 91.6 Å². The van der Waals surface area contributed by atoms with E-state index in [2.05, 4.69) is 10.6 Å².